The molecule has 1 aliphatic rings. The van der Waals surface area contributed by atoms with Gasteiger partial charge in [0.05, 0.1) is 11.4 Å². The van der Waals surface area contributed by atoms with Crippen LogP contribution in [0.1, 0.15) is 24.0 Å². The molecule has 94 valence electrons. The third-order valence-corrected chi connectivity index (χ3v) is 3.87. The van der Waals surface area contributed by atoms with E-state index in [9.17, 15) is 0 Å². The first-order valence-electron chi connectivity index (χ1n) is 6.39. The molecule has 1 atom stereocenters. The summed E-state index contributed by atoms with van der Waals surface area (Å²) >= 11 is 0. The lowest BCUT2D eigenvalue weighted by atomic mass is 10.1. The number of benzene rings is 1. The molecule has 1 unspecified atom stereocenters. The smallest absolute Gasteiger partial charge is 0.0577 e. The van der Waals surface area contributed by atoms with Crippen molar-refractivity contribution in [2.75, 3.05) is 31.2 Å². The zero-order valence-electron chi connectivity index (χ0n) is 11.1. The minimum Gasteiger partial charge on any atom is -0.397 e. The van der Waals surface area contributed by atoms with Crippen molar-refractivity contribution in [1.82, 2.24) is 4.90 Å². The Labute approximate surface area is 104 Å². The van der Waals surface area contributed by atoms with Crippen molar-refractivity contribution in [3.63, 3.8) is 0 Å². The fraction of sp³-hybridized carbons (Fsp3) is 0.571. The van der Waals surface area contributed by atoms with Crippen molar-refractivity contribution in [2.24, 2.45) is 0 Å². The fourth-order valence-corrected chi connectivity index (χ4v) is 2.46. The van der Waals surface area contributed by atoms with Gasteiger partial charge in [0.15, 0.2) is 0 Å². The van der Waals surface area contributed by atoms with Gasteiger partial charge in [0, 0.05) is 12.6 Å². The molecule has 3 N–H and O–H groups in total. The largest absolute Gasteiger partial charge is 0.397 e. The van der Waals surface area contributed by atoms with Crippen molar-refractivity contribution >= 4 is 11.4 Å². The Balaban J connectivity index is 2.01. The number of nitrogens with one attached hydrogen (secondary N) is 1. The molecule has 0 bridgehead atoms. The second-order valence-corrected chi connectivity index (χ2v) is 5.18. The van der Waals surface area contributed by atoms with E-state index in [1.54, 1.807) is 0 Å². The maximum Gasteiger partial charge on any atom is 0.0577 e. The molecule has 3 nitrogen and oxygen atoms in total. The maximum absolute atomic E-state index is 6.03. The number of hydrogen-bond acceptors (Lipinski definition) is 3. The Morgan fingerprint density at radius 3 is 2.71 bits per heavy atom. The van der Waals surface area contributed by atoms with Crippen LogP contribution in [0, 0.1) is 13.8 Å². The van der Waals surface area contributed by atoms with Crippen molar-refractivity contribution in [3.05, 3.63) is 23.3 Å². The SMILES string of the molecule is Cc1cc(N)c(NCC2CCCN2C)cc1C. The molecule has 1 heterocycles. The summed E-state index contributed by atoms with van der Waals surface area (Å²) in [6.45, 7) is 6.43. The predicted molar refractivity (Wildman–Crippen MR) is 74.5 cm³/mol. The number of anilines is 2. The summed E-state index contributed by atoms with van der Waals surface area (Å²) in [5.74, 6) is 0. The lowest BCUT2D eigenvalue weighted by Crippen LogP contribution is -2.31. The highest BCUT2D eigenvalue weighted by molar-refractivity contribution is 5.68. The van der Waals surface area contributed by atoms with Crippen LogP contribution in [0.3, 0.4) is 0 Å². The molecule has 1 aromatic rings. The first-order chi connectivity index (χ1) is 8.08. The number of rotatable bonds is 3. The Bertz CT molecular complexity index is 401. The highest BCUT2D eigenvalue weighted by Gasteiger charge is 2.20. The van der Waals surface area contributed by atoms with E-state index in [0.717, 1.165) is 17.9 Å². The number of nitrogens with two attached hydrogens (primary N) is 1. The molecule has 1 aliphatic heterocycles. The lowest BCUT2D eigenvalue weighted by molar-refractivity contribution is 0.322. The van der Waals surface area contributed by atoms with Gasteiger partial charge in [-0.25, -0.2) is 0 Å². The number of hydrogen-bond donors (Lipinski definition) is 2. The molecule has 0 spiro atoms. The molecule has 17 heavy (non-hydrogen) atoms. The summed E-state index contributed by atoms with van der Waals surface area (Å²) in [6, 6.07) is 4.85. The summed E-state index contributed by atoms with van der Waals surface area (Å²) < 4.78 is 0. The number of aryl methyl sites for hydroxylation is 2. The fourth-order valence-electron chi connectivity index (χ4n) is 2.46. The van der Waals surface area contributed by atoms with Crippen LogP contribution in [0.15, 0.2) is 12.1 Å². The van der Waals surface area contributed by atoms with Crippen LogP contribution in [-0.4, -0.2) is 31.1 Å². The lowest BCUT2D eigenvalue weighted by Gasteiger charge is -2.21. The van der Waals surface area contributed by atoms with E-state index >= 15 is 0 Å². The first-order valence-corrected chi connectivity index (χ1v) is 6.39. The molecule has 0 saturated carbocycles. The van der Waals surface area contributed by atoms with Gasteiger partial charge in [-0.1, -0.05) is 0 Å². The van der Waals surface area contributed by atoms with Crippen LogP contribution < -0.4 is 11.1 Å². The van der Waals surface area contributed by atoms with E-state index in [-0.39, 0.29) is 0 Å². The minimum absolute atomic E-state index is 0.649. The van der Waals surface area contributed by atoms with Crippen LogP contribution in [0.4, 0.5) is 11.4 Å². The number of nitrogen functional groups attached to an aromatic ring is 1. The zero-order chi connectivity index (χ0) is 12.4. The Morgan fingerprint density at radius 2 is 2.06 bits per heavy atom. The Kier molecular flexibility index (Phi) is 3.57. The zero-order valence-corrected chi connectivity index (χ0v) is 11.1. The van der Waals surface area contributed by atoms with Gasteiger partial charge in [-0.3, -0.25) is 0 Å². The van der Waals surface area contributed by atoms with E-state index in [1.807, 2.05) is 0 Å². The van der Waals surface area contributed by atoms with Gasteiger partial charge < -0.3 is 16.0 Å². The average molecular weight is 233 g/mol. The minimum atomic E-state index is 0.649. The molecule has 1 aromatic carbocycles. The molecule has 2 rings (SSSR count). The summed E-state index contributed by atoms with van der Waals surface area (Å²) in [5.41, 5.74) is 10.5. The summed E-state index contributed by atoms with van der Waals surface area (Å²) in [5, 5.41) is 3.49. The Morgan fingerprint density at radius 1 is 1.35 bits per heavy atom. The van der Waals surface area contributed by atoms with Crippen LogP contribution in [-0.2, 0) is 0 Å². The summed E-state index contributed by atoms with van der Waals surface area (Å²) in [6.07, 6.45) is 2.60. The second kappa shape index (κ2) is 4.96. The second-order valence-electron chi connectivity index (χ2n) is 5.18. The van der Waals surface area contributed by atoms with Crippen LogP contribution in [0.5, 0.6) is 0 Å². The van der Waals surface area contributed by atoms with Crippen molar-refractivity contribution in [3.8, 4) is 0 Å². The van der Waals surface area contributed by atoms with Gasteiger partial charge in [0.1, 0.15) is 0 Å². The summed E-state index contributed by atoms with van der Waals surface area (Å²) in [4.78, 5) is 2.42. The highest BCUT2D eigenvalue weighted by Crippen LogP contribution is 2.24. The van der Waals surface area contributed by atoms with Crippen LogP contribution >= 0.6 is 0 Å². The molecule has 0 radical (unpaired) electrons. The highest BCUT2D eigenvalue weighted by atomic mass is 15.2. The molecule has 0 aromatic heterocycles. The van der Waals surface area contributed by atoms with E-state index in [0.29, 0.717) is 6.04 Å². The van der Waals surface area contributed by atoms with Gasteiger partial charge in [-0.2, -0.15) is 0 Å². The monoisotopic (exact) mass is 233 g/mol. The third-order valence-electron chi connectivity index (χ3n) is 3.87. The van der Waals surface area contributed by atoms with Gasteiger partial charge >= 0.3 is 0 Å². The molecular weight excluding hydrogens is 210 g/mol. The van der Waals surface area contributed by atoms with Crippen LogP contribution in [0.25, 0.3) is 0 Å². The molecule has 1 saturated heterocycles. The molecular formula is C14H23N3. The van der Waals surface area contributed by atoms with Gasteiger partial charge in [0.2, 0.25) is 0 Å². The van der Waals surface area contributed by atoms with E-state index in [1.165, 1.54) is 30.5 Å². The molecule has 3 heteroatoms. The van der Waals surface area contributed by atoms with Crippen molar-refractivity contribution in [1.29, 1.82) is 0 Å². The van der Waals surface area contributed by atoms with E-state index in [2.05, 4.69) is 43.2 Å². The quantitative estimate of drug-likeness (QED) is 0.788. The topological polar surface area (TPSA) is 41.3 Å². The first kappa shape index (κ1) is 12.2. The van der Waals surface area contributed by atoms with Crippen LogP contribution in [0.2, 0.25) is 0 Å². The molecule has 0 amide bonds. The molecule has 0 aliphatic carbocycles. The van der Waals surface area contributed by atoms with Crippen molar-refractivity contribution < 1.29 is 0 Å². The van der Waals surface area contributed by atoms with Crippen molar-refractivity contribution in [2.45, 2.75) is 32.7 Å². The number of likely N-dealkylation sites (tertiary alicyclic amines) is 1. The third kappa shape index (κ3) is 2.72. The number of likely N-dealkylation sites (N-methyl/N-ethyl adjacent to an activating group) is 1. The average Bonchev–Trinajstić information content (AvgIpc) is 2.68. The van der Waals surface area contributed by atoms with Gasteiger partial charge in [-0.15, -0.1) is 0 Å². The van der Waals surface area contributed by atoms with E-state index < -0.39 is 0 Å². The molecule has 1 fully saturated rings. The predicted octanol–water partition coefficient (Wildman–Crippen LogP) is 2.39. The standard InChI is InChI=1S/C14H23N3/c1-10-7-13(15)14(8-11(10)2)16-9-12-5-4-6-17(12)3/h7-8,12,16H,4-6,9,15H2,1-3H3. The normalized spacial score (nSPS) is 20.8. The summed E-state index contributed by atoms with van der Waals surface area (Å²) in [7, 11) is 2.20. The Hall–Kier alpha value is -1.22. The maximum atomic E-state index is 6.03. The van der Waals surface area contributed by atoms with E-state index in [4.69, 9.17) is 5.73 Å². The van der Waals surface area contributed by atoms with Gasteiger partial charge in [0.25, 0.3) is 0 Å². The number of nitrogens with zero attached hydrogens (tertiary/aromatic N) is 1. The van der Waals surface area contributed by atoms with Gasteiger partial charge in [-0.05, 0) is 63.5 Å².